The van der Waals surface area contributed by atoms with Crippen LogP contribution in [-0.2, 0) is 7.05 Å². The van der Waals surface area contributed by atoms with E-state index >= 15 is 0 Å². The average molecular weight is 318 g/mol. The van der Waals surface area contributed by atoms with Gasteiger partial charge in [-0.3, -0.25) is 14.9 Å². The van der Waals surface area contributed by atoms with E-state index in [2.05, 4.69) is 10.3 Å². The molecule has 1 aromatic carbocycles. The standard InChI is InChI=1S/C15H18N4O4/c1-3-11(9-20)17-12-5-4-10(8-13(12)19(22)23)14(21)15-16-6-7-18(15)2/h4-8,11,17,20H,3,9H2,1-2H3/t11-/m1/s1. The number of aliphatic hydroxyl groups is 1. The number of aliphatic hydroxyl groups excluding tert-OH is 1. The lowest BCUT2D eigenvalue weighted by Crippen LogP contribution is -2.23. The lowest BCUT2D eigenvalue weighted by molar-refractivity contribution is -0.384. The number of hydrogen-bond acceptors (Lipinski definition) is 6. The molecular formula is C15H18N4O4. The maximum atomic E-state index is 12.4. The Bertz CT molecular complexity index is 722. The first kappa shape index (κ1) is 16.6. The molecule has 2 rings (SSSR count). The van der Waals surface area contributed by atoms with E-state index in [-0.39, 0.29) is 41.2 Å². The lowest BCUT2D eigenvalue weighted by Gasteiger charge is -2.15. The van der Waals surface area contributed by atoms with E-state index in [1.165, 1.54) is 24.4 Å². The first-order chi connectivity index (χ1) is 11.0. The molecule has 0 unspecified atom stereocenters. The number of ketones is 1. The Hall–Kier alpha value is -2.74. The minimum atomic E-state index is -0.554. The number of hydrogen-bond donors (Lipinski definition) is 2. The fourth-order valence-corrected chi connectivity index (χ4v) is 2.16. The van der Waals surface area contributed by atoms with Gasteiger partial charge in [-0.25, -0.2) is 4.98 Å². The van der Waals surface area contributed by atoms with Crippen LogP contribution in [0.3, 0.4) is 0 Å². The third-order valence-electron chi connectivity index (χ3n) is 3.55. The fourth-order valence-electron chi connectivity index (χ4n) is 2.16. The zero-order valence-electron chi connectivity index (χ0n) is 12.9. The van der Waals surface area contributed by atoms with E-state index in [4.69, 9.17) is 0 Å². The van der Waals surface area contributed by atoms with Crippen LogP contribution in [0, 0.1) is 10.1 Å². The number of nitro groups is 1. The molecule has 8 heteroatoms. The molecule has 0 aliphatic heterocycles. The van der Waals surface area contributed by atoms with Crippen LogP contribution in [0.4, 0.5) is 11.4 Å². The number of imidazole rings is 1. The summed E-state index contributed by atoms with van der Waals surface area (Å²) >= 11 is 0. The van der Waals surface area contributed by atoms with Gasteiger partial charge in [-0.2, -0.15) is 0 Å². The van der Waals surface area contributed by atoms with Crippen molar-refractivity contribution in [1.29, 1.82) is 0 Å². The van der Waals surface area contributed by atoms with Crippen LogP contribution in [-0.4, -0.2) is 38.0 Å². The average Bonchev–Trinajstić information content (AvgIpc) is 2.97. The van der Waals surface area contributed by atoms with Crippen molar-refractivity contribution in [1.82, 2.24) is 9.55 Å². The highest BCUT2D eigenvalue weighted by Gasteiger charge is 2.21. The molecular weight excluding hydrogens is 300 g/mol. The van der Waals surface area contributed by atoms with Gasteiger partial charge in [0.05, 0.1) is 11.5 Å². The minimum absolute atomic E-state index is 0.137. The predicted molar refractivity (Wildman–Crippen MR) is 84.5 cm³/mol. The van der Waals surface area contributed by atoms with Crippen molar-refractivity contribution in [3.8, 4) is 0 Å². The van der Waals surface area contributed by atoms with E-state index < -0.39 is 4.92 Å². The van der Waals surface area contributed by atoms with Crippen molar-refractivity contribution in [3.05, 3.63) is 52.1 Å². The summed E-state index contributed by atoms with van der Waals surface area (Å²) < 4.78 is 1.55. The second-order valence-corrected chi connectivity index (χ2v) is 5.11. The number of nitro benzene ring substituents is 1. The highest BCUT2D eigenvalue weighted by Crippen LogP contribution is 2.27. The van der Waals surface area contributed by atoms with Crippen molar-refractivity contribution in [2.24, 2.45) is 7.05 Å². The number of nitrogens with one attached hydrogen (secondary N) is 1. The first-order valence-electron chi connectivity index (χ1n) is 7.15. The number of carbonyl (C=O) groups excluding carboxylic acids is 1. The summed E-state index contributed by atoms with van der Waals surface area (Å²) in [5.41, 5.74) is 0.248. The Morgan fingerprint density at radius 2 is 2.26 bits per heavy atom. The quantitative estimate of drug-likeness (QED) is 0.457. The van der Waals surface area contributed by atoms with Crippen LogP contribution in [0.1, 0.15) is 29.5 Å². The third-order valence-corrected chi connectivity index (χ3v) is 3.55. The smallest absolute Gasteiger partial charge is 0.293 e. The Morgan fingerprint density at radius 1 is 1.52 bits per heavy atom. The molecule has 0 aliphatic rings. The van der Waals surface area contributed by atoms with E-state index in [9.17, 15) is 20.0 Å². The molecule has 122 valence electrons. The molecule has 2 aromatic rings. The molecule has 0 aliphatic carbocycles. The largest absolute Gasteiger partial charge is 0.394 e. The summed E-state index contributed by atoms with van der Waals surface area (Å²) in [6.07, 6.45) is 3.73. The summed E-state index contributed by atoms with van der Waals surface area (Å²) in [6, 6.07) is 3.93. The maximum Gasteiger partial charge on any atom is 0.293 e. The number of benzene rings is 1. The first-order valence-corrected chi connectivity index (χ1v) is 7.15. The Morgan fingerprint density at radius 3 is 2.78 bits per heavy atom. The molecule has 0 radical (unpaired) electrons. The molecule has 0 saturated heterocycles. The van der Waals surface area contributed by atoms with Crippen LogP contribution >= 0.6 is 0 Å². The van der Waals surface area contributed by atoms with Gasteiger partial charge in [0.2, 0.25) is 5.78 Å². The molecule has 0 amide bonds. The molecule has 1 heterocycles. The zero-order chi connectivity index (χ0) is 17.0. The van der Waals surface area contributed by atoms with Crippen molar-refractivity contribution < 1.29 is 14.8 Å². The third kappa shape index (κ3) is 3.54. The van der Waals surface area contributed by atoms with Gasteiger partial charge in [-0.1, -0.05) is 6.92 Å². The van der Waals surface area contributed by atoms with E-state index in [0.29, 0.717) is 6.42 Å². The van der Waals surface area contributed by atoms with Crippen molar-refractivity contribution in [3.63, 3.8) is 0 Å². The molecule has 1 atom stereocenters. The molecule has 0 bridgehead atoms. The minimum Gasteiger partial charge on any atom is -0.394 e. The highest BCUT2D eigenvalue weighted by atomic mass is 16.6. The molecule has 0 spiro atoms. The highest BCUT2D eigenvalue weighted by molar-refractivity contribution is 6.07. The van der Waals surface area contributed by atoms with Gasteiger partial charge < -0.3 is 15.0 Å². The topological polar surface area (TPSA) is 110 Å². The number of rotatable bonds is 7. The van der Waals surface area contributed by atoms with Gasteiger partial charge in [0.15, 0.2) is 5.82 Å². The van der Waals surface area contributed by atoms with Crippen molar-refractivity contribution in [2.75, 3.05) is 11.9 Å². The number of anilines is 1. The van der Waals surface area contributed by atoms with E-state index in [1.807, 2.05) is 6.92 Å². The van der Waals surface area contributed by atoms with Gasteiger partial charge in [0.1, 0.15) is 5.69 Å². The van der Waals surface area contributed by atoms with Crippen LogP contribution in [0.25, 0.3) is 0 Å². The van der Waals surface area contributed by atoms with Crippen LogP contribution in [0.5, 0.6) is 0 Å². The van der Waals surface area contributed by atoms with Gasteiger partial charge in [0, 0.05) is 37.1 Å². The second kappa shape index (κ2) is 7.01. The lowest BCUT2D eigenvalue weighted by atomic mass is 10.1. The monoisotopic (exact) mass is 318 g/mol. The van der Waals surface area contributed by atoms with Crippen LogP contribution in [0.2, 0.25) is 0 Å². The van der Waals surface area contributed by atoms with Gasteiger partial charge >= 0.3 is 0 Å². The summed E-state index contributed by atoms with van der Waals surface area (Å²) in [5, 5.41) is 23.4. The second-order valence-electron chi connectivity index (χ2n) is 5.11. The normalized spacial score (nSPS) is 12.0. The molecule has 8 nitrogen and oxygen atoms in total. The summed E-state index contributed by atoms with van der Waals surface area (Å²) in [5.74, 6) is -0.178. The Balaban J connectivity index is 2.38. The van der Waals surface area contributed by atoms with Crippen molar-refractivity contribution >= 4 is 17.2 Å². The van der Waals surface area contributed by atoms with E-state index in [1.54, 1.807) is 17.8 Å². The maximum absolute atomic E-state index is 12.4. The van der Waals surface area contributed by atoms with Gasteiger partial charge in [-0.15, -0.1) is 0 Å². The van der Waals surface area contributed by atoms with Crippen molar-refractivity contribution in [2.45, 2.75) is 19.4 Å². The van der Waals surface area contributed by atoms with E-state index in [0.717, 1.165) is 0 Å². The molecule has 23 heavy (non-hydrogen) atoms. The predicted octanol–water partition coefficient (Wildman–Crippen LogP) is 1.74. The molecule has 2 N–H and O–H groups in total. The van der Waals surface area contributed by atoms with Crippen LogP contribution < -0.4 is 5.32 Å². The Kier molecular flexibility index (Phi) is 5.07. The fraction of sp³-hybridized carbons (Fsp3) is 0.333. The summed E-state index contributed by atoms with van der Waals surface area (Å²) in [6.45, 7) is 1.72. The molecule has 1 aromatic heterocycles. The molecule has 0 fully saturated rings. The SMILES string of the molecule is CC[C@H](CO)Nc1ccc(C(=O)c2nccn2C)cc1[N+](=O)[O-]. The van der Waals surface area contributed by atoms with Gasteiger partial charge in [-0.05, 0) is 18.6 Å². The zero-order valence-corrected chi connectivity index (χ0v) is 12.9. The number of aromatic nitrogens is 2. The number of nitrogens with zero attached hydrogens (tertiary/aromatic N) is 3. The summed E-state index contributed by atoms with van der Waals surface area (Å²) in [4.78, 5) is 27.1. The summed E-state index contributed by atoms with van der Waals surface area (Å²) in [7, 11) is 1.68. The van der Waals surface area contributed by atoms with Crippen LogP contribution in [0.15, 0.2) is 30.6 Å². The number of carbonyl (C=O) groups is 1. The van der Waals surface area contributed by atoms with Gasteiger partial charge in [0.25, 0.3) is 5.69 Å². The Labute approximate surface area is 132 Å². The molecule has 0 saturated carbocycles. The number of aryl methyl sites for hydroxylation is 1.